The maximum absolute atomic E-state index is 12.2. The largest absolute Gasteiger partial charge is 0.354 e. The van der Waals surface area contributed by atoms with E-state index >= 15 is 0 Å². The van der Waals surface area contributed by atoms with Crippen molar-refractivity contribution in [2.45, 2.75) is 18.9 Å². The Morgan fingerprint density at radius 2 is 1.86 bits per heavy atom. The molecule has 0 saturated carbocycles. The normalized spacial score (nSPS) is 11.9. The molecule has 4 nitrogen and oxygen atoms in total. The van der Waals surface area contributed by atoms with Crippen molar-refractivity contribution >= 4 is 5.91 Å². The number of hydrogen-bond acceptors (Lipinski definition) is 3. The van der Waals surface area contributed by atoms with Crippen LogP contribution < -0.4 is 10.6 Å². The molecule has 110 valence electrons. The number of carbonyl (C=O) groups is 1. The van der Waals surface area contributed by atoms with E-state index < -0.39 is 0 Å². The smallest absolute Gasteiger partial charge is 0.241 e. The maximum Gasteiger partial charge on any atom is 0.241 e. The van der Waals surface area contributed by atoms with Crippen LogP contribution in [0.15, 0.2) is 54.9 Å². The van der Waals surface area contributed by atoms with Gasteiger partial charge in [0.2, 0.25) is 5.91 Å². The zero-order valence-electron chi connectivity index (χ0n) is 12.3. The number of rotatable bonds is 7. The van der Waals surface area contributed by atoms with E-state index in [2.05, 4.69) is 15.6 Å². The third-order valence-electron chi connectivity index (χ3n) is 3.37. The molecule has 2 aromatic rings. The molecule has 1 atom stereocenters. The molecule has 0 radical (unpaired) electrons. The average Bonchev–Trinajstić information content (AvgIpc) is 2.54. The third-order valence-corrected chi connectivity index (χ3v) is 3.37. The first-order chi connectivity index (χ1) is 10.3. The van der Waals surface area contributed by atoms with Crippen molar-refractivity contribution in [2.24, 2.45) is 0 Å². The van der Waals surface area contributed by atoms with Gasteiger partial charge in [0.15, 0.2) is 0 Å². The van der Waals surface area contributed by atoms with Crippen LogP contribution in [-0.4, -0.2) is 24.5 Å². The zero-order chi connectivity index (χ0) is 14.9. The molecule has 0 aliphatic heterocycles. The zero-order valence-corrected chi connectivity index (χ0v) is 12.3. The molecule has 1 aromatic carbocycles. The number of hydrogen-bond donors (Lipinski definition) is 2. The summed E-state index contributed by atoms with van der Waals surface area (Å²) in [5.74, 6) is 0.0124. The minimum Gasteiger partial charge on any atom is -0.354 e. The number of nitrogens with zero attached hydrogens (tertiary/aromatic N) is 1. The molecule has 0 spiro atoms. The number of likely N-dealkylation sites (N-methyl/N-ethyl adjacent to an activating group) is 1. The number of pyridine rings is 1. The van der Waals surface area contributed by atoms with Crippen LogP contribution in [0.3, 0.4) is 0 Å². The number of aromatic nitrogens is 1. The van der Waals surface area contributed by atoms with Gasteiger partial charge in [0, 0.05) is 18.9 Å². The lowest BCUT2D eigenvalue weighted by Crippen LogP contribution is -2.36. The van der Waals surface area contributed by atoms with E-state index in [1.54, 1.807) is 19.4 Å². The lowest BCUT2D eigenvalue weighted by Gasteiger charge is -2.16. The van der Waals surface area contributed by atoms with Gasteiger partial charge in [-0.25, -0.2) is 0 Å². The second-order valence-electron chi connectivity index (χ2n) is 4.88. The van der Waals surface area contributed by atoms with Crippen LogP contribution in [0.5, 0.6) is 0 Å². The highest BCUT2D eigenvalue weighted by molar-refractivity contribution is 5.83. The first-order valence-corrected chi connectivity index (χ1v) is 7.20. The van der Waals surface area contributed by atoms with Gasteiger partial charge < -0.3 is 10.6 Å². The molecular weight excluding hydrogens is 262 g/mol. The highest BCUT2D eigenvalue weighted by Crippen LogP contribution is 2.11. The van der Waals surface area contributed by atoms with Gasteiger partial charge in [0.1, 0.15) is 6.04 Å². The summed E-state index contributed by atoms with van der Waals surface area (Å²) in [5, 5.41) is 6.04. The average molecular weight is 283 g/mol. The number of benzene rings is 1. The number of nitrogens with one attached hydrogen (secondary N) is 2. The van der Waals surface area contributed by atoms with E-state index in [1.807, 2.05) is 42.5 Å². The Morgan fingerprint density at radius 1 is 1.14 bits per heavy atom. The van der Waals surface area contributed by atoms with Crippen molar-refractivity contribution in [1.29, 1.82) is 0 Å². The fourth-order valence-corrected chi connectivity index (χ4v) is 2.25. The molecule has 1 amide bonds. The van der Waals surface area contributed by atoms with E-state index in [9.17, 15) is 4.79 Å². The fourth-order valence-electron chi connectivity index (χ4n) is 2.25. The second-order valence-corrected chi connectivity index (χ2v) is 4.88. The van der Waals surface area contributed by atoms with Gasteiger partial charge in [-0.1, -0.05) is 30.3 Å². The van der Waals surface area contributed by atoms with Crippen molar-refractivity contribution in [1.82, 2.24) is 15.6 Å². The minimum absolute atomic E-state index is 0.0124. The first kappa shape index (κ1) is 15.2. The van der Waals surface area contributed by atoms with Gasteiger partial charge in [-0.3, -0.25) is 9.78 Å². The predicted octanol–water partition coefficient (Wildman–Crippen LogP) is 2.09. The first-order valence-electron chi connectivity index (χ1n) is 7.20. The summed E-state index contributed by atoms with van der Waals surface area (Å²) in [6, 6.07) is 13.4. The van der Waals surface area contributed by atoms with E-state index in [1.165, 1.54) is 5.56 Å². The Bertz CT molecular complexity index is 542. The topological polar surface area (TPSA) is 54.0 Å². The molecule has 21 heavy (non-hydrogen) atoms. The molecular formula is C17H21N3O. The lowest BCUT2D eigenvalue weighted by molar-refractivity contribution is -0.123. The molecule has 1 heterocycles. The number of carbonyl (C=O) groups excluding carboxylic acids is 1. The van der Waals surface area contributed by atoms with Crippen LogP contribution in [-0.2, 0) is 11.2 Å². The van der Waals surface area contributed by atoms with Crippen LogP contribution in [0.25, 0.3) is 0 Å². The Balaban J connectivity index is 1.78. The summed E-state index contributed by atoms with van der Waals surface area (Å²) in [4.78, 5) is 16.2. The summed E-state index contributed by atoms with van der Waals surface area (Å²) >= 11 is 0. The van der Waals surface area contributed by atoms with Crippen LogP contribution in [0.4, 0.5) is 0 Å². The van der Waals surface area contributed by atoms with Crippen LogP contribution in [0.2, 0.25) is 0 Å². The van der Waals surface area contributed by atoms with Gasteiger partial charge in [-0.05, 0) is 43.1 Å². The molecule has 4 heteroatoms. The van der Waals surface area contributed by atoms with E-state index in [4.69, 9.17) is 0 Å². The standard InChI is InChI=1S/C17H21N3O/c1-18-16(15-7-3-2-4-8-15)17(21)20-11-5-6-14-9-12-19-13-10-14/h2-4,7-10,12-13,16,18H,5-6,11H2,1H3,(H,20,21)/t16-/m0/s1. The lowest BCUT2D eigenvalue weighted by atomic mass is 10.1. The number of amides is 1. The molecule has 1 aromatic heterocycles. The molecule has 2 rings (SSSR count). The summed E-state index contributed by atoms with van der Waals surface area (Å²) in [5.41, 5.74) is 2.22. The Kier molecular flexibility index (Phi) is 5.91. The van der Waals surface area contributed by atoms with Crippen molar-refractivity contribution < 1.29 is 4.79 Å². The minimum atomic E-state index is -0.299. The Hall–Kier alpha value is -2.20. The summed E-state index contributed by atoms with van der Waals surface area (Å²) < 4.78 is 0. The van der Waals surface area contributed by atoms with E-state index in [-0.39, 0.29) is 11.9 Å². The van der Waals surface area contributed by atoms with E-state index in [0.29, 0.717) is 6.54 Å². The van der Waals surface area contributed by atoms with Crippen LogP contribution in [0, 0.1) is 0 Å². The summed E-state index contributed by atoms with van der Waals surface area (Å²) in [7, 11) is 1.80. The number of aryl methyl sites for hydroxylation is 1. The molecule has 0 unspecified atom stereocenters. The fraction of sp³-hybridized carbons (Fsp3) is 0.294. The quantitative estimate of drug-likeness (QED) is 0.765. The van der Waals surface area contributed by atoms with Gasteiger partial charge in [-0.15, -0.1) is 0 Å². The highest BCUT2D eigenvalue weighted by atomic mass is 16.2. The van der Waals surface area contributed by atoms with Crippen LogP contribution >= 0.6 is 0 Å². The molecule has 2 N–H and O–H groups in total. The molecule has 0 saturated heterocycles. The van der Waals surface area contributed by atoms with Gasteiger partial charge in [-0.2, -0.15) is 0 Å². The van der Waals surface area contributed by atoms with Gasteiger partial charge >= 0.3 is 0 Å². The molecule has 0 aliphatic rings. The second kappa shape index (κ2) is 8.17. The highest BCUT2D eigenvalue weighted by Gasteiger charge is 2.17. The van der Waals surface area contributed by atoms with Gasteiger partial charge in [0.05, 0.1) is 0 Å². The SMILES string of the molecule is CN[C@H](C(=O)NCCCc1ccncc1)c1ccccc1. The van der Waals surface area contributed by atoms with E-state index in [0.717, 1.165) is 18.4 Å². The van der Waals surface area contributed by atoms with Crippen molar-refractivity contribution in [2.75, 3.05) is 13.6 Å². The molecule has 0 aliphatic carbocycles. The monoisotopic (exact) mass is 283 g/mol. The summed E-state index contributed by atoms with van der Waals surface area (Å²) in [6.07, 6.45) is 5.44. The van der Waals surface area contributed by atoms with Crippen molar-refractivity contribution in [3.63, 3.8) is 0 Å². The molecule has 0 fully saturated rings. The van der Waals surface area contributed by atoms with Crippen LogP contribution in [0.1, 0.15) is 23.6 Å². The Labute approximate surface area is 125 Å². The summed E-state index contributed by atoms with van der Waals surface area (Å²) in [6.45, 7) is 0.673. The van der Waals surface area contributed by atoms with Gasteiger partial charge in [0.25, 0.3) is 0 Å². The third kappa shape index (κ3) is 4.68. The Morgan fingerprint density at radius 3 is 2.52 bits per heavy atom. The predicted molar refractivity (Wildman–Crippen MR) is 83.8 cm³/mol. The maximum atomic E-state index is 12.2. The van der Waals surface area contributed by atoms with Crippen molar-refractivity contribution in [3.8, 4) is 0 Å². The molecule has 0 bridgehead atoms. The van der Waals surface area contributed by atoms with Crippen molar-refractivity contribution in [3.05, 3.63) is 66.0 Å².